The summed E-state index contributed by atoms with van der Waals surface area (Å²) in [6.45, 7) is 5.18. The van der Waals surface area contributed by atoms with Crippen molar-refractivity contribution in [2.75, 3.05) is 20.3 Å². The highest BCUT2D eigenvalue weighted by Crippen LogP contribution is 2.19. The van der Waals surface area contributed by atoms with E-state index in [0.717, 1.165) is 18.7 Å². The number of rotatable bonds is 6. The Hall–Kier alpha value is -0.940. The molecule has 1 aromatic rings. The molecule has 0 bridgehead atoms. The molecule has 1 heterocycles. The molecule has 5 nitrogen and oxygen atoms in total. The van der Waals surface area contributed by atoms with Gasteiger partial charge in [-0.3, -0.25) is 0 Å². The number of aromatic nitrogens is 2. The van der Waals surface area contributed by atoms with E-state index < -0.39 is 0 Å². The second-order valence-electron chi connectivity index (χ2n) is 4.20. The average Bonchev–Trinajstić information content (AvgIpc) is 2.68. The first-order valence-electron chi connectivity index (χ1n) is 5.12. The molecule has 0 spiro atoms. The molecule has 0 aliphatic heterocycles. The lowest BCUT2D eigenvalue weighted by Crippen LogP contribution is -2.28. The molecule has 0 unspecified atom stereocenters. The molecule has 1 rings (SSSR count). The Morgan fingerprint density at radius 2 is 2.20 bits per heavy atom. The Labute approximate surface area is 90.0 Å². The van der Waals surface area contributed by atoms with Crippen LogP contribution in [-0.4, -0.2) is 30.4 Å². The van der Waals surface area contributed by atoms with Gasteiger partial charge in [-0.25, -0.2) is 0 Å². The highest BCUT2D eigenvalue weighted by molar-refractivity contribution is 5.01. The standard InChI is InChI=1S/C10H19N3O2/c1-10(2,7-11)9-12-8(13-15-9)5-4-6-14-3/h4-7,11H2,1-3H3. The molecule has 0 saturated carbocycles. The maximum absolute atomic E-state index is 5.62. The van der Waals surface area contributed by atoms with E-state index in [0.29, 0.717) is 19.0 Å². The van der Waals surface area contributed by atoms with Gasteiger partial charge in [-0.05, 0) is 20.3 Å². The van der Waals surface area contributed by atoms with Crippen molar-refractivity contribution in [3.63, 3.8) is 0 Å². The number of nitrogens with two attached hydrogens (primary N) is 1. The van der Waals surface area contributed by atoms with Crippen LogP contribution in [0.5, 0.6) is 0 Å². The van der Waals surface area contributed by atoms with E-state index in [2.05, 4.69) is 10.1 Å². The smallest absolute Gasteiger partial charge is 0.233 e. The summed E-state index contributed by atoms with van der Waals surface area (Å²) in [7, 11) is 1.68. The van der Waals surface area contributed by atoms with Gasteiger partial charge < -0.3 is 15.0 Å². The largest absolute Gasteiger partial charge is 0.385 e. The van der Waals surface area contributed by atoms with Gasteiger partial charge in [0.15, 0.2) is 5.82 Å². The van der Waals surface area contributed by atoms with Crippen LogP contribution in [-0.2, 0) is 16.6 Å². The topological polar surface area (TPSA) is 74.2 Å². The van der Waals surface area contributed by atoms with Gasteiger partial charge in [0.25, 0.3) is 0 Å². The Bertz CT molecular complexity index is 297. The van der Waals surface area contributed by atoms with Gasteiger partial charge in [0.05, 0.1) is 5.41 Å². The van der Waals surface area contributed by atoms with Gasteiger partial charge in [-0.15, -0.1) is 0 Å². The zero-order chi connectivity index (χ0) is 11.3. The Morgan fingerprint density at radius 3 is 2.80 bits per heavy atom. The van der Waals surface area contributed by atoms with E-state index in [-0.39, 0.29) is 5.41 Å². The van der Waals surface area contributed by atoms with Crippen LogP contribution < -0.4 is 5.73 Å². The van der Waals surface area contributed by atoms with Gasteiger partial charge in [-0.2, -0.15) is 4.98 Å². The monoisotopic (exact) mass is 213 g/mol. The van der Waals surface area contributed by atoms with Gasteiger partial charge in [0, 0.05) is 26.7 Å². The summed E-state index contributed by atoms with van der Waals surface area (Å²) in [5.41, 5.74) is 5.38. The van der Waals surface area contributed by atoms with Gasteiger partial charge in [0.1, 0.15) is 0 Å². The molecule has 1 aromatic heterocycles. The first-order chi connectivity index (χ1) is 7.10. The fourth-order valence-electron chi connectivity index (χ4n) is 1.09. The van der Waals surface area contributed by atoms with Crippen molar-refractivity contribution in [3.8, 4) is 0 Å². The first-order valence-corrected chi connectivity index (χ1v) is 5.12. The summed E-state index contributed by atoms with van der Waals surface area (Å²) in [4.78, 5) is 4.31. The summed E-state index contributed by atoms with van der Waals surface area (Å²) in [6, 6.07) is 0. The average molecular weight is 213 g/mol. The van der Waals surface area contributed by atoms with E-state index in [9.17, 15) is 0 Å². The van der Waals surface area contributed by atoms with Crippen molar-refractivity contribution >= 4 is 0 Å². The maximum Gasteiger partial charge on any atom is 0.233 e. The zero-order valence-corrected chi connectivity index (χ0v) is 9.62. The van der Waals surface area contributed by atoms with E-state index in [1.165, 1.54) is 0 Å². The predicted molar refractivity (Wildman–Crippen MR) is 56.6 cm³/mol. The molecule has 0 radical (unpaired) electrons. The maximum atomic E-state index is 5.62. The van der Waals surface area contributed by atoms with Crippen molar-refractivity contribution in [1.82, 2.24) is 10.1 Å². The lowest BCUT2D eigenvalue weighted by molar-refractivity contribution is 0.194. The Balaban J connectivity index is 2.56. The van der Waals surface area contributed by atoms with Crippen molar-refractivity contribution in [3.05, 3.63) is 11.7 Å². The normalized spacial score (nSPS) is 12.0. The van der Waals surface area contributed by atoms with Crippen LogP contribution in [0.2, 0.25) is 0 Å². The van der Waals surface area contributed by atoms with Crippen LogP contribution in [0, 0.1) is 0 Å². The molecule has 86 valence electrons. The Kier molecular flexibility index (Phi) is 4.23. The predicted octanol–water partition coefficient (Wildman–Crippen LogP) is 0.885. The lowest BCUT2D eigenvalue weighted by Gasteiger charge is -2.15. The molecule has 0 aliphatic rings. The summed E-state index contributed by atoms with van der Waals surface area (Å²) in [5.74, 6) is 1.33. The van der Waals surface area contributed by atoms with Crippen LogP contribution in [0.4, 0.5) is 0 Å². The molecule has 0 aliphatic carbocycles. The lowest BCUT2D eigenvalue weighted by atomic mass is 9.94. The second-order valence-corrected chi connectivity index (χ2v) is 4.20. The number of hydrogen-bond acceptors (Lipinski definition) is 5. The fourth-order valence-corrected chi connectivity index (χ4v) is 1.09. The quantitative estimate of drug-likeness (QED) is 0.710. The third-order valence-electron chi connectivity index (χ3n) is 2.31. The second kappa shape index (κ2) is 5.23. The van der Waals surface area contributed by atoms with Gasteiger partial charge in [0.2, 0.25) is 5.89 Å². The van der Waals surface area contributed by atoms with Gasteiger partial charge in [-0.1, -0.05) is 5.16 Å². The van der Waals surface area contributed by atoms with Crippen LogP contribution in [0.15, 0.2) is 4.52 Å². The molecule has 2 N–H and O–H groups in total. The minimum absolute atomic E-state index is 0.244. The van der Waals surface area contributed by atoms with Gasteiger partial charge >= 0.3 is 0 Å². The van der Waals surface area contributed by atoms with E-state index in [1.807, 2.05) is 13.8 Å². The molecule has 15 heavy (non-hydrogen) atoms. The molecular weight excluding hydrogens is 194 g/mol. The third kappa shape index (κ3) is 3.28. The highest BCUT2D eigenvalue weighted by atomic mass is 16.5. The first kappa shape index (κ1) is 12.1. The molecule has 0 fully saturated rings. The SMILES string of the molecule is COCCCc1noc(C(C)(C)CN)n1. The van der Waals surface area contributed by atoms with Crippen LogP contribution in [0.1, 0.15) is 32.0 Å². The third-order valence-corrected chi connectivity index (χ3v) is 2.31. The number of ether oxygens (including phenoxy) is 1. The van der Waals surface area contributed by atoms with Crippen LogP contribution >= 0.6 is 0 Å². The van der Waals surface area contributed by atoms with Crippen LogP contribution in [0.25, 0.3) is 0 Å². The van der Waals surface area contributed by atoms with E-state index >= 15 is 0 Å². The number of nitrogens with zero attached hydrogens (tertiary/aromatic N) is 2. The van der Waals surface area contributed by atoms with E-state index in [4.69, 9.17) is 15.0 Å². The zero-order valence-electron chi connectivity index (χ0n) is 9.62. The van der Waals surface area contributed by atoms with Crippen molar-refractivity contribution < 1.29 is 9.26 Å². The minimum atomic E-state index is -0.244. The number of aryl methyl sites for hydroxylation is 1. The van der Waals surface area contributed by atoms with Crippen molar-refractivity contribution in [2.24, 2.45) is 5.73 Å². The summed E-state index contributed by atoms with van der Waals surface area (Å²) in [5, 5.41) is 3.91. The fraction of sp³-hybridized carbons (Fsp3) is 0.800. The molecule has 5 heteroatoms. The molecule has 0 saturated heterocycles. The Morgan fingerprint density at radius 1 is 1.47 bits per heavy atom. The van der Waals surface area contributed by atoms with Crippen molar-refractivity contribution in [2.45, 2.75) is 32.1 Å². The summed E-state index contributed by atoms with van der Waals surface area (Å²) in [6.07, 6.45) is 1.68. The molecular formula is C10H19N3O2. The number of methoxy groups -OCH3 is 1. The summed E-state index contributed by atoms with van der Waals surface area (Å²) >= 11 is 0. The van der Waals surface area contributed by atoms with E-state index in [1.54, 1.807) is 7.11 Å². The van der Waals surface area contributed by atoms with Crippen molar-refractivity contribution in [1.29, 1.82) is 0 Å². The minimum Gasteiger partial charge on any atom is -0.385 e. The molecule has 0 amide bonds. The molecule has 0 aromatic carbocycles. The number of hydrogen-bond donors (Lipinski definition) is 1. The highest BCUT2D eigenvalue weighted by Gasteiger charge is 2.25. The molecule has 0 atom stereocenters. The summed E-state index contributed by atoms with van der Waals surface area (Å²) < 4.78 is 10.1. The van der Waals surface area contributed by atoms with Crippen LogP contribution in [0.3, 0.4) is 0 Å².